The first-order valence-electron chi connectivity index (χ1n) is 4.33. The van der Waals surface area contributed by atoms with Gasteiger partial charge in [-0.25, -0.2) is 13.1 Å². The van der Waals surface area contributed by atoms with Gasteiger partial charge < -0.3 is 9.69 Å². The minimum atomic E-state index is 0. The Balaban J connectivity index is -0.0000000560. The van der Waals surface area contributed by atoms with Gasteiger partial charge in [-0.2, -0.15) is 21.0 Å². The summed E-state index contributed by atoms with van der Waals surface area (Å²) in [6, 6.07) is 4.96. The molecule has 0 amide bonds. The smallest absolute Gasteiger partial charge is 0.228 e. The summed E-state index contributed by atoms with van der Waals surface area (Å²) in [5.74, 6) is 0. The maximum absolute atomic E-state index is 7.26. The molecule has 0 radical (unpaired) electrons. The molecule has 0 bridgehead atoms. The molecule has 104 valence electrons. The van der Waals surface area contributed by atoms with E-state index in [2.05, 4.69) is 9.69 Å². The molecule has 0 spiro atoms. The molecule has 19 heavy (non-hydrogen) atoms. The van der Waals surface area contributed by atoms with E-state index in [1.807, 2.05) is 13.8 Å². The molecule has 0 heterocycles. The normalized spacial score (nSPS) is 8.21. The Labute approximate surface area is 142 Å². The SMILES string of the molecule is N#CC#N.N#CC#N.[C-]#[N+]C(C)CC(C)[N+]#[C-].[Pt].[Pt]. The van der Waals surface area contributed by atoms with Crippen molar-refractivity contribution < 1.29 is 42.1 Å². The quantitative estimate of drug-likeness (QED) is 0.444. The van der Waals surface area contributed by atoms with Gasteiger partial charge in [0.15, 0.2) is 24.3 Å². The van der Waals surface area contributed by atoms with Crippen LogP contribution in [-0.4, -0.2) is 12.1 Å². The zero-order valence-electron chi connectivity index (χ0n) is 10.2. The van der Waals surface area contributed by atoms with E-state index in [1.54, 1.807) is 0 Å². The molecule has 0 N–H and O–H groups in total. The van der Waals surface area contributed by atoms with Crippen molar-refractivity contribution in [1.29, 1.82) is 21.0 Å². The average Bonchev–Trinajstić information content (AvgIpc) is 2.38. The van der Waals surface area contributed by atoms with Gasteiger partial charge in [0.1, 0.15) is 0 Å². The summed E-state index contributed by atoms with van der Waals surface area (Å²) in [4.78, 5) is 6.57. The van der Waals surface area contributed by atoms with Gasteiger partial charge in [0.25, 0.3) is 0 Å². The van der Waals surface area contributed by atoms with Gasteiger partial charge in [0.05, 0.1) is 6.42 Å². The van der Waals surface area contributed by atoms with Gasteiger partial charge >= 0.3 is 0 Å². The maximum atomic E-state index is 7.26. The molecule has 0 aliphatic rings. The van der Waals surface area contributed by atoms with E-state index in [0.717, 1.165) is 0 Å². The van der Waals surface area contributed by atoms with Crippen LogP contribution in [0.5, 0.6) is 0 Å². The molecule has 0 aromatic heterocycles. The molecule has 0 saturated carbocycles. The van der Waals surface area contributed by atoms with E-state index < -0.39 is 0 Å². The van der Waals surface area contributed by atoms with Crippen molar-refractivity contribution in [3.05, 3.63) is 22.8 Å². The van der Waals surface area contributed by atoms with Crippen molar-refractivity contribution in [1.82, 2.24) is 0 Å². The molecule has 0 aromatic carbocycles. The fourth-order valence-electron chi connectivity index (χ4n) is 0.599. The summed E-state index contributed by atoms with van der Waals surface area (Å²) >= 11 is 0. The predicted octanol–water partition coefficient (Wildman–Crippen LogP) is 2.05. The van der Waals surface area contributed by atoms with Crippen LogP contribution in [0.4, 0.5) is 0 Å². The summed E-state index contributed by atoms with van der Waals surface area (Å²) in [7, 11) is 0. The summed E-state index contributed by atoms with van der Waals surface area (Å²) in [6.07, 6.45) is 0.701. The molecule has 0 fully saturated rings. The van der Waals surface area contributed by atoms with Crippen LogP contribution in [0.25, 0.3) is 9.69 Å². The molecular weight excluding hydrogens is 606 g/mol. The Morgan fingerprint density at radius 3 is 1.11 bits per heavy atom. The van der Waals surface area contributed by atoms with E-state index in [0.29, 0.717) is 6.42 Å². The van der Waals surface area contributed by atoms with Crippen LogP contribution >= 0.6 is 0 Å². The fraction of sp³-hybridized carbons (Fsp3) is 0.455. The Bertz CT molecular complexity index is 369. The third kappa shape index (κ3) is 48.4. The summed E-state index contributed by atoms with van der Waals surface area (Å²) in [6.45, 7) is 16.9. The van der Waals surface area contributed by atoms with Crippen LogP contribution < -0.4 is 0 Å². The monoisotopic (exact) mass is 616 g/mol. The molecule has 0 aromatic rings. The van der Waals surface area contributed by atoms with E-state index in [-0.39, 0.29) is 54.2 Å². The van der Waals surface area contributed by atoms with Crippen LogP contribution in [0.15, 0.2) is 0 Å². The number of rotatable bonds is 2. The first kappa shape index (κ1) is 30.4. The fourth-order valence-corrected chi connectivity index (χ4v) is 0.599. The summed E-state index contributed by atoms with van der Waals surface area (Å²) in [5.41, 5.74) is 0. The second-order valence-corrected chi connectivity index (χ2v) is 2.64. The number of hydrogen-bond acceptors (Lipinski definition) is 4. The van der Waals surface area contributed by atoms with Crippen molar-refractivity contribution in [2.45, 2.75) is 32.4 Å². The minimum Gasteiger partial charge on any atom is -0.314 e. The maximum Gasteiger partial charge on any atom is 0.228 e. The number of nitrogens with zero attached hydrogens (tertiary/aromatic N) is 6. The molecule has 2 unspecified atom stereocenters. The molecule has 0 aliphatic heterocycles. The van der Waals surface area contributed by atoms with Crippen molar-refractivity contribution in [3.8, 4) is 24.3 Å². The van der Waals surface area contributed by atoms with Crippen LogP contribution in [-0.2, 0) is 42.1 Å². The third-order valence-corrected chi connectivity index (χ3v) is 1.22. The first-order chi connectivity index (χ1) is 8.03. The van der Waals surface area contributed by atoms with Crippen molar-refractivity contribution in [2.24, 2.45) is 0 Å². The average molecular weight is 616 g/mol. The zero-order chi connectivity index (χ0) is 14.1. The van der Waals surface area contributed by atoms with Crippen molar-refractivity contribution in [2.75, 3.05) is 0 Å². The molecule has 0 aliphatic carbocycles. The van der Waals surface area contributed by atoms with Gasteiger partial charge in [0, 0.05) is 56.0 Å². The minimum absolute atomic E-state index is 0. The van der Waals surface area contributed by atoms with Crippen molar-refractivity contribution in [3.63, 3.8) is 0 Å². The van der Waals surface area contributed by atoms with Gasteiger partial charge in [-0.05, 0) is 0 Å². The number of nitriles is 4. The van der Waals surface area contributed by atoms with Crippen LogP contribution in [0.3, 0.4) is 0 Å². The second-order valence-electron chi connectivity index (χ2n) is 2.64. The van der Waals surface area contributed by atoms with Gasteiger partial charge in [-0.1, -0.05) is 0 Å². The largest absolute Gasteiger partial charge is 0.314 e. The Kier molecular flexibility index (Phi) is 47.8. The van der Waals surface area contributed by atoms with E-state index in [4.69, 9.17) is 34.2 Å². The molecule has 2 atom stereocenters. The molecule has 8 heteroatoms. The van der Waals surface area contributed by atoms with E-state index in [9.17, 15) is 0 Å². The predicted molar refractivity (Wildman–Crippen MR) is 59.2 cm³/mol. The standard InChI is InChI=1S/C7H10N2.2C2N2.2Pt/c1-6(8-3)5-7(2)9-4;2*3-1-2-4;;/h6-7H,5H2,1-2H3;;;;. The van der Waals surface area contributed by atoms with Gasteiger partial charge in [0.2, 0.25) is 12.1 Å². The van der Waals surface area contributed by atoms with Crippen LogP contribution in [0.1, 0.15) is 20.3 Å². The second kappa shape index (κ2) is 29.9. The van der Waals surface area contributed by atoms with E-state index >= 15 is 0 Å². The van der Waals surface area contributed by atoms with Crippen LogP contribution in [0.2, 0.25) is 0 Å². The Morgan fingerprint density at radius 2 is 1.00 bits per heavy atom. The third-order valence-electron chi connectivity index (χ3n) is 1.22. The number of hydrogen-bond donors (Lipinski definition) is 0. The van der Waals surface area contributed by atoms with Crippen LogP contribution in [0, 0.1) is 58.5 Å². The summed E-state index contributed by atoms with van der Waals surface area (Å²) < 4.78 is 0. The first-order valence-corrected chi connectivity index (χ1v) is 4.33. The Morgan fingerprint density at radius 1 is 0.789 bits per heavy atom. The summed E-state index contributed by atoms with van der Waals surface area (Å²) in [5, 5.41) is 29.1. The van der Waals surface area contributed by atoms with Crippen molar-refractivity contribution >= 4 is 0 Å². The Hall–Kier alpha value is -1.68. The van der Waals surface area contributed by atoms with E-state index in [1.165, 1.54) is 24.3 Å². The van der Waals surface area contributed by atoms with Gasteiger partial charge in [-0.15, -0.1) is 0 Å². The van der Waals surface area contributed by atoms with Gasteiger partial charge in [-0.3, -0.25) is 0 Å². The zero-order valence-corrected chi connectivity index (χ0v) is 14.7. The molecular formula is C11H10N6Pt2. The molecule has 6 nitrogen and oxygen atoms in total. The molecule has 0 rings (SSSR count). The molecule has 0 saturated heterocycles. The topological polar surface area (TPSA) is 104 Å².